The minimum Gasteiger partial charge on any atom is -0.383 e. The van der Waals surface area contributed by atoms with Gasteiger partial charge in [0.1, 0.15) is 5.82 Å². The molecule has 0 radical (unpaired) electrons. The topological polar surface area (TPSA) is 106 Å². The summed E-state index contributed by atoms with van der Waals surface area (Å²) < 4.78 is 32.0. The zero-order valence-corrected chi connectivity index (χ0v) is 12.6. The summed E-state index contributed by atoms with van der Waals surface area (Å²) in [5, 5.41) is 0.719. The third-order valence-corrected chi connectivity index (χ3v) is 4.48. The Kier molecular flexibility index (Phi) is 4.73. The van der Waals surface area contributed by atoms with Gasteiger partial charge in [-0.2, -0.15) is 0 Å². The van der Waals surface area contributed by atoms with Crippen molar-refractivity contribution in [2.45, 2.75) is 17.9 Å². The molecular weight excluding hydrogens is 292 g/mol. The van der Waals surface area contributed by atoms with Crippen LogP contribution in [-0.2, 0) is 14.8 Å². The highest BCUT2D eigenvalue weighted by molar-refractivity contribution is 7.89. The number of fused-ring (bicyclic) bond motifs is 1. The van der Waals surface area contributed by atoms with E-state index >= 15 is 0 Å². The van der Waals surface area contributed by atoms with Crippen LogP contribution in [0.25, 0.3) is 10.9 Å². The van der Waals surface area contributed by atoms with Crippen molar-refractivity contribution in [3.8, 4) is 0 Å². The first kappa shape index (κ1) is 15.6. The smallest absolute Gasteiger partial charge is 0.240 e. The zero-order chi connectivity index (χ0) is 15.5. The summed E-state index contributed by atoms with van der Waals surface area (Å²) in [6, 6.07) is 7.86. The number of pyridine rings is 1. The fraction of sp³-hybridized carbons (Fsp3) is 0.308. The van der Waals surface area contributed by atoms with Crippen LogP contribution >= 0.6 is 0 Å². The Bertz CT molecular complexity index is 733. The van der Waals surface area contributed by atoms with Crippen LogP contribution in [0, 0.1) is 0 Å². The lowest BCUT2D eigenvalue weighted by molar-refractivity contribution is 0.180. The fourth-order valence-electron chi connectivity index (χ4n) is 1.97. The first-order valence-electron chi connectivity index (χ1n) is 6.35. The standard InChI is InChI=1S/C13H18N4O3S/c1-9(8-20-2)17-21(18,19)11-4-5-12-10(7-11)3-6-13(15-12)16-14/h3-7,9,17H,8,14H2,1-2H3,(H,15,16). The van der Waals surface area contributed by atoms with E-state index in [-0.39, 0.29) is 10.9 Å². The Morgan fingerprint density at radius 1 is 1.33 bits per heavy atom. The second kappa shape index (κ2) is 6.35. The number of ether oxygens (including phenoxy) is 1. The predicted molar refractivity (Wildman–Crippen MR) is 81.2 cm³/mol. The van der Waals surface area contributed by atoms with Gasteiger partial charge in [0, 0.05) is 18.5 Å². The molecular formula is C13H18N4O3S. The van der Waals surface area contributed by atoms with Crippen molar-refractivity contribution in [2.24, 2.45) is 5.84 Å². The molecule has 8 heteroatoms. The van der Waals surface area contributed by atoms with Crippen molar-refractivity contribution < 1.29 is 13.2 Å². The third kappa shape index (κ3) is 3.67. The predicted octanol–water partition coefficient (Wildman–Crippen LogP) is 0.834. The lowest BCUT2D eigenvalue weighted by Crippen LogP contribution is -2.35. The molecule has 0 saturated heterocycles. The molecule has 0 amide bonds. The van der Waals surface area contributed by atoms with Gasteiger partial charge in [-0.15, -0.1) is 0 Å². The highest BCUT2D eigenvalue weighted by Crippen LogP contribution is 2.19. The van der Waals surface area contributed by atoms with Gasteiger partial charge in [0.25, 0.3) is 0 Å². The SMILES string of the molecule is COCC(C)NS(=O)(=O)c1ccc2nc(NN)ccc2c1. The van der Waals surface area contributed by atoms with E-state index in [2.05, 4.69) is 15.1 Å². The Balaban J connectivity index is 2.34. The highest BCUT2D eigenvalue weighted by Gasteiger charge is 2.17. The summed E-state index contributed by atoms with van der Waals surface area (Å²) in [6.45, 7) is 2.04. The highest BCUT2D eigenvalue weighted by atomic mass is 32.2. The van der Waals surface area contributed by atoms with Crippen LogP contribution in [0.1, 0.15) is 6.92 Å². The maximum Gasteiger partial charge on any atom is 0.240 e. The molecule has 4 N–H and O–H groups in total. The monoisotopic (exact) mass is 310 g/mol. The van der Waals surface area contributed by atoms with E-state index in [1.165, 1.54) is 13.2 Å². The largest absolute Gasteiger partial charge is 0.383 e. The van der Waals surface area contributed by atoms with Crippen LogP contribution < -0.4 is 16.0 Å². The number of hydrogen-bond donors (Lipinski definition) is 3. The average Bonchev–Trinajstić information content (AvgIpc) is 2.45. The average molecular weight is 310 g/mol. The first-order chi connectivity index (χ1) is 9.96. The van der Waals surface area contributed by atoms with E-state index < -0.39 is 10.0 Å². The molecule has 0 fully saturated rings. The molecule has 21 heavy (non-hydrogen) atoms. The Morgan fingerprint density at radius 3 is 2.76 bits per heavy atom. The fourth-order valence-corrected chi connectivity index (χ4v) is 3.23. The minimum atomic E-state index is -3.59. The van der Waals surface area contributed by atoms with Crippen LogP contribution in [-0.4, -0.2) is 33.2 Å². The second-order valence-corrected chi connectivity index (χ2v) is 6.39. The molecule has 1 heterocycles. The molecule has 7 nitrogen and oxygen atoms in total. The summed E-state index contributed by atoms with van der Waals surface area (Å²) in [4.78, 5) is 4.42. The molecule has 0 aliphatic heterocycles. The van der Waals surface area contributed by atoms with E-state index in [0.717, 1.165) is 5.39 Å². The minimum absolute atomic E-state index is 0.188. The quantitative estimate of drug-likeness (QED) is 0.539. The number of methoxy groups -OCH3 is 1. The van der Waals surface area contributed by atoms with Gasteiger partial charge in [-0.1, -0.05) is 0 Å². The number of rotatable bonds is 6. The molecule has 0 spiro atoms. The van der Waals surface area contributed by atoms with Crippen molar-refractivity contribution in [3.05, 3.63) is 30.3 Å². The van der Waals surface area contributed by atoms with E-state index in [1.54, 1.807) is 31.2 Å². The van der Waals surface area contributed by atoms with Crippen molar-refractivity contribution in [1.82, 2.24) is 9.71 Å². The molecule has 1 aromatic heterocycles. The number of nitrogens with one attached hydrogen (secondary N) is 2. The van der Waals surface area contributed by atoms with Gasteiger partial charge in [-0.3, -0.25) is 0 Å². The van der Waals surface area contributed by atoms with Gasteiger partial charge in [0.15, 0.2) is 0 Å². The number of hydrazine groups is 1. The molecule has 0 bridgehead atoms. The molecule has 2 rings (SSSR count). The van der Waals surface area contributed by atoms with Crippen LogP contribution in [0.5, 0.6) is 0 Å². The van der Waals surface area contributed by atoms with E-state index in [0.29, 0.717) is 17.9 Å². The lowest BCUT2D eigenvalue weighted by Gasteiger charge is -2.13. The second-order valence-electron chi connectivity index (χ2n) is 4.67. The van der Waals surface area contributed by atoms with Crippen LogP contribution in [0.2, 0.25) is 0 Å². The Morgan fingerprint density at radius 2 is 2.10 bits per heavy atom. The molecule has 1 aromatic carbocycles. The zero-order valence-electron chi connectivity index (χ0n) is 11.8. The number of sulfonamides is 1. The van der Waals surface area contributed by atoms with Gasteiger partial charge >= 0.3 is 0 Å². The van der Waals surface area contributed by atoms with Crippen molar-refractivity contribution in [3.63, 3.8) is 0 Å². The van der Waals surface area contributed by atoms with Gasteiger partial charge in [-0.25, -0.2) is 24.0 Å². The molecule has 0 aliphatic rings. The summed E-state index contributed by atoms with van der Waals surface area (Å²) in [7, 11) is -2.06. The number of benzene rings is 1. The molecule has 1 atom stereocenters. The van der Waals surface area contributed by atoms with Crippen molar-refractivity contribution in [1.29, 1.82) is 0 Å². The van der Waals surface area contributed by atoms with Gasteiger partial charge in [-0.05, 0) is 37.3 Å². The molecule has 0 saturated carbocycles. The number of nitrogens with zero attached hydrogens (tertiary/aromatic N) is 1. The molecule has 1 unspecified atom stereocenters. The van der Waals surface area contributed by atoms with Gasteiger partial charge in [0.05, 0.1) is 17.0 Å². The summed E-state index contributed by atoms with van der Waals surface area (Å²) >= 11 is 0. The Hall–Kier alpha value is -1.74. The number of nitrogens with two attached hydrogens (primary N) is 1. The van der Waals surface area contributed by atoms with Gasteiger partial charge in [0.2, 0.25) is 10.0 Å². The number of nitrogen functional groups attached to an aromatic ring is 1. The molecule has 0 aliphatic carbocycles. The van der Waals surface area contributed by atoms with Crippen LogP contribution in [0.15, 0.2) is 35.2 Å². The first-order valence-corrected chi connectivity index (χ1v) is 7.83. The normalized spacial score (nSPS) is 13.3. The summed E-state index contributed by atoms with van der Waals surface area (Å²) in [5.41, 5.74) is 3.11. The Labute approximate surface area is 123 Å². The van der Waals surface area contributed by atoms with Crippen molar-refractivity contribution in [2.75, 3.05) is 19.1 Å². The maximum absolute atomic E-state index is 12.3. The number of hydrogen-bond acceptors (Lipinski definition) is 6. The van der Waals surface area contributed by atoms with Crippen LogP contribution in [0.3, 0.4) is 0 Å². The van der Waals surface area contributed by atoms with Crippen LogP contribution in [0.4, 0.5) is 5.82 Å². The van der Waals surface area contributed by atoms with E-state index in [4.69, 9.17) is 10.6 Å². The molecule has 2 aromatic rings. The van der Waals surface area contributed by atoms with E-state index in [9.17, 15) is 8.42 Å². The van der Waals surface area contributed by atoms with E-state index in [1.807, 2.05) is 0 Å². The lowest BCUT2D eigenvalue weighted by atomic mass is 10.2. The number of anilines is 1. The van der Waals surface area contributed by atoms with Crippen molar-refractivity contribution >= 4 is 26.7 Å². The maximum atomic E-state index is 12.3. The third-order valence-electron chi connectivity index (χ3n) is 2.89. The number of aromatic nitrogens is 1. The summed E-state index contributed by atoms with van der Waals surface area (Å²) in [6.07, 6.45) is 0. The van der Waals surface area contributed by atoms with Gasteiger partial charge < -0.3 is 10.2 Å². The molecule has 114 valence electrons. The summed E-state index contributed by atoms with van der Waals surface area (Å²) in [5.74, 6) is 5.81.